The van der Waals surface area contributed by atoms with Crippen LogP contribution in [-0.2, 0) is 26.1 Å². The summed E-state index contributed by atoms with van der Waals surface area (Å²) in [5.41, 5.74) is 2.69. The van der Waals surface area contributed by atoms with Crippen molar-refractivity contribution in [2.75, 3.05) is 39.5 Å². The van der Waals surface area contributed by atoms with E-state index in [1.165, 1.54) is 5.56 Å². The molecule has 6 heteroatoms. The molecule has 172 valence electrons. The minimum atomic E-state index is -0.571. The highest BCUT2D eigenvalue weighted by atomic mass is 35.5. The van der Waals surface area contributed by atoms with Crippen molar-refractivity contribution in [2.24, 2.45) is 5.92 Å². The lowest BCUT2D eigenvalue weighted by Crippen LogP contribution is -2.51. The maximum Gasteiger partial charge on any atom is 0.233 e. The van der Waals surface area contributed by atoms with Crippen LogP contribution in [0, 0.1) is 5.92 Å². The Hall–Kier alpha value is -2.47. The SMILES string of the molecule is O=C(N1CCOC[C@@H](Cc2cccc3cccnc23)C1)C1(c2ccc(Cl)cc2)CCOCC1. The third-order valence-electron chi connectivity index (χ3n) is 7.00. The summed E-state index contributed by atoms with van der Waals surface area (Å²) >= 11 is 6.14. The van der Waals surface area contributed by atoms with Crippen LogP contribution in [0.3, 0.4) is 0 Å². The van der Waals surface area contributed by atoms with Gasteiger partial charge in [-0.2, -0.15) is 0 Å². The Morgan fingerprint density at radius 3 is 2.64 bits per heavy atom. The molecule has 2 aliphatic heterocycles. The average molecular weight is 465 g/mol. The second kappa shape index (κ2) is 9.80. The van der Waals surface area contributed by atoms with Crippen molar-refractivity contribution in [1.29, 1.82) is 0 Å². The fraction of sp³-hybridized carbons (Fsp3) is 0.407. The summed E-state index contributed by atoms with van der Waals surface area (Å²) in [6, 6.07) is 18.1. The fourth-order valence-corrected chi connectivity index (χ4v) is 5.37. The minimum Gasteiger partial charge on any atom is -0.381 e. The van der Waals surface area contributed by atoms with Gasteiger partial charge in [0.15, 0.2) is 0 Å². The third-order valence-corrected chi connectivity index (χ3v) is 7.25. The normalized spacial score (nSPS) is 21.0. The molecule has 2 fully saturated rings. The Bertz CT molecular complexity index is 1110. The molecule has 2 aliphatic rings. The molecule has 2 saturated heterocycles. The quantitative estimate of drug-likeness (QED) is 0.563. The number of ether oxygens (including phenoxy) is 2. The van der Waals surface area contributed by atoms with Crippen LogP contribution in [0.25, 0.3) is 10.9 Å². The first kappa shape index (κ1) is 22.3. The number of amides is 1. The Balaban J connectivity index is 1.40. The molecule has 3 aromatic rings. The fourth-order valence-electron chi connectivity index (χ4n) is 5.25. The highest BCUT2D eigenvalue weighted by molar-refractivity contribution is 6.30. The zero-order valence-corrected chi connectivity index (χ0v) is 19.5. The van der Waals surface area contributed by atoms with Gasteiger partial charge in [-0.3, -0.25) is 9.78 Å². The number of nitrogens with zero attached hydrogens (tertiary/aromatic N) is 2. The van der Waals surface area contributed by atoms with E-state index in [0.717, 1.165) is 22.9 Å². The van der Waals surface area contributed by atoms with E-state index >= 15 is 0 Å². The van der Waals surface area contributed by atoms with Crippen molar-refractivity contribution in [3.63, 3.8) is 0 Å². The molecule has 0 bridgehead atoms. The third kappa shape index (κ3) is 4.63. The van der Waals surface area contributed by atoms with Gasteiger partial charge in [0.25, 0.3) is 0 Å². The van der Waals surface area contributed by atoms with E-state index in [9.17, 15) is 4.79 Å². The number of halogens is 1. The van der Waals surface area contributed by atoms with Crippen molar-refractivity contribution in [2.45, 2.75) is 24.7 Å². The van der Waals surface area contributed by atoms with Crippen molar-refractivity contribution in [1.82, 2.24) is 9.88 Å². The van der Waals surface area contributed by atoms with E-state index in [0.29, 0.717) is 57.4 Å². The van der Waals surface area contributed by atoms with Crippen molar-refractivity contribution in [3.8, 4) is 0 Å². The van der Waals surface area contributed by atoms with Crippen LogP contribution < -0.4 is 0 Å². The molecule has 2 aromatic carbocycles. The van der Waals surface area contributed by atoms with Crippen LogP contribution in [0.4, 0.5) is 0 Å². The molecule has 0 N–H and O–H groups in total. The lowest BCUT2D eigenvalue weighted by atomic mass is 9.73. The van der Waals surface area contributed by atoms with Gasteiger partial charge in [0, 0.05) is 48.8 Å². The van der Waals surface area contributed by atoms with Crippen LogP contribution in [0.5, 0.6) is 0 Å². The van der Waals surface area contributed by atoms with Crippen LogP contribution in [-0.4, -0.2) is 55.3 Å². The number of carbonyl (C=O) groups excluding carboxylic acids is 1. The minimum absolute atomic E-state index is 0.180. The first-order valence-electron chi connectivity index (χ1n) is 11.7. The largest absolute Gasteiger partial charge is 0.381 e. The zero-order valence-electron chi connectivity index (χ0n) is 18.7. The predicted octanol–water partition coefficient (Wildman–Crippen LogP) is 4.65. The van der Waals surface area contributed by atoms with Crippen LogP contribution in [0.15, 0.2) is 60.8 Å². The highest BCUT2D eigenvalue weighted by Crippen LogP contribution is 2.38. The molecule has 1 amide bonds. The predicted molar refractivity (Wildman–Crippen MR) is 130 cm³/mol. The number of rotatable bonds is 4. The van der Waals surface area contributed by atoms with E-state index in [2.05, 4.69) is 29.2 Å². The van der Waals surface area contributed by atoms with Gasteiger partial charge in [-0.1, -0.05) is 48.0 Å². The number of aromatic nitrogens is 1. The van der Waals surface area contributed by atoms with E-state index in [-0.39, 0.29) is 11.8 Å². The van der Waals surface area contributed by atoms with E-state index < -0.39 is 5.41 Å². The van der Waals surface area contributed by atoms with Gasteiger partial charge in [0.2, 0.25) is 5.91 Å². The summed E-state index contributed by atoms with van der Waals surface area (Å²) in [6.07, 6.45) is 4.03. The molecule has 5 nitrogen and oxygen atoms in total. The highest BCUT2D eigenvalue weighted by Gasteiger charge is 2.44. The summed E-state index contributed by atoms with van der Waals surface area (Å²) in [5, 5.41) is 1.82. The van der Waals surface area contributed by atoms with E-state index in [1.807, 2.05) is 41.4 Å². The maximum atomic E-state index is 14.1. The monoisotopic (exact) mass is 464 g/mol. The van der Waals surface area contributed by atoms with Gasteiger partial charge in [0.1, 0.15) is 0 Å². The topological polar surface area (TPSA) is 51.7 Å². The number of fused-ring (bicyclic) bond motifs is 1. The standard InChI is InChI=1S/C27H29ClN2O3/c28-24-8-6-23(7-9-24)27(10-14-32-15-11-27)26(31)30-13-16-33-19-20(18-30)17-22-4-1-3-21-5-2-12-29-25(21)22/h1-9,12,20H,10-11,13-19H2/t20-/m0/s1. The molecule has 0 saturated carbocycles. The van der Waals surface area contributed by atoms with Gasteiger partial charge >= 0.3 is 0 Å². The van der Waals surface area contributed by atoms with Crippen molar-refractivity contribution >= 4 is 28.4 Å². The summed E-state index contributed by atoms with van der Waals surface area (Å²) in [7, 11) is 0. The Morgan fingerprint density at radius 1 is 1.03 bits per heavy atom. The van der Waals surface area contributed by atoms with Crippen molar-refractivity contribution < 1.29 is 14.3 Å². The molecule has 1 atom stereocenters. The Morgan fingerprint density at radius 2 is 1.82 bits per heavy atom. The Kier molecular flexibility index (Phi) is 6.63. The molecule has 1 aromatic heterocycles. The second-order valence-corrected chi connectivity index (χ2v) is 9.53. The maximum absolute atomic E-state index is 14.1. The Labute approximate surface area is 199 Å². The number of benzene rings is 2. The van der Waals surface area contributed by atoms with Gasteiger partial charge in [-0.25, -0.2) is 0 Å². The lowest BCUT2D eigenvalue weighted by Gasteiger charge is -2.40. The molecule has 33 heavy (non-hydrogen) atoms. The lowest BCUT2D eigenvalue weighted by molar-refractivity contribution is -0.141. The molecule has 0 aliphatic carbocycles. The number of pyridine rings is 1. The van der Waals surface area contributed by atoms with Gasteiger partial charge in [-0.15, -0.1) is 0 Å². The molecule has 0 spiro atoms. The van der Waals surface area contributed by atoms with Crippen LogP contribution in [0.1, 0.15) is 24.0 Å². The smallest absolute Gasteiger partial charge is 0.233 e. The number of carbonyl (C=O) groups is 1. The molecular formula is C27H29ClN2O3. The number of hydrogen-bond donors (Lipinski definition) is 0. The molecule has 3 heterocycles. The van der Waals surface area contributed by atoms with Crippen LogP contribution in [0.2, 0.25) is 5.02 Å². The van der Waals surface area contributed by atoms with E-state index in [4.69, 9.17) is 21.1 Å². The van der Waals surface area contributed by atoms with Gasteiger partial charge in [0.05, 0.1) is 24.1 Å². The van der Waals surface area contributed by atoms with Crippen molar-refractivity contribution in [3.05, 3.63) is 76.9 Å². The summed E-state index contributed by atoms with van der Waals surface area (Å²) in [6.45, 7) is 3.67. The first-order valence-corrected chi connectivity index (χ1v) is 12.1. The summed E-state index contributed by atoms with van der Waals surface area (Å²) in [4.78, 5) is 20.7. The zero-order chi connectivity index (χ0) is 22.7. The van der Waals surface area contributed by atoms with Gasteiger partial charge in [-0.05, 0) is 48.6 Å². The number of para-hydroxylation sites is 1. The van der Waals surface area contributed by atoms with E-state index in [1.54, 1.807) is 0 Å². The van der Waals surface area contributed by atoms with Crippen LogP contribution >= 0.6 is 11.6 Å². The molecule has 0 unspecified atom stereocenters. The average Bonchev–Trinajstić information content (AvgIpc) is 3.10. The first-order chi connectivity index (χ1) is 16.2. The summed E-state index contributed by atoms with van der Waals surface area (Å²) < 4.78 is 11.6. The molecular weight excluding hydrogens is 436 g/mol. The summed E-state index contributed by atoms with van der Waals surface area (Å²) in [5.74, 6) is 0.394. The second-order valence-electron chi connectivity index (χ2n) is 9.09. The molecule has 0 radical (unpaired) electrons. The molecule has 5 rings (SSSR count). The number of hydrogen-bond acceptors (Lipinski definition) is 4. The van der Waals surface area contributed by atoms with Gasteiger partial charge < -0.3 is 14.4 Å².